The number of ketones is 1. The molecule has 0 radical (unpaired) electrons. The van der Waals surface area contributed by atoms with Crippen LogP contribution in [0, 0.1) is 5.92 Å². The molecule has 6 nitrogen and oxygen atoms in total. The smallest absolute Gasteiger partial charge is 0.245 e. The lowest BCUT2D eigenvalue weighted by Crippen LogP contribution is -2.53. The van der Waals surface area contributed by atoms with E-state index < -0.39 is 12.1 Å². The predicted molar refractivity (Wildman–Crippen MR) is 113 cm³/mol. The summed E-state index contributed by atoms with van der Waals surface area (Å²) < 4.78 is 5.54. The number of hydrogen-bond acceptors (Lipinski definition) is 4. The summed E-state index contributed by atoms with van der Waals surface area (Å²) in [5, 5.41) is 3.02. The highest BCUT2D eigenvalue weighted by Gasteiger charge is 2.48. The van der Waals surface area contributed by atoms with Crippen molar-refractivity contribution in [3.8, 4) is 0 Å². The zero-order valence-electron chi connectivity index (χ0n) is 17.6. The summed E-state index contributed by atoms with van der Waals surface area (Å²) in [6.07, 6.45) is 8.03. The van der Waals surface area contributed by atoms with Gasteiger partial charge in [-0.15, -0.1) is 0 Å². The van der Waals surface area contributed by atoms with E-state index in [1.807, 2.05) is 30.3 Å². The van der Waals surface area contributed by atoms with Crippen LogP contribution >= 0.6 is 0 Å². The van der Waals surface area contributed by atoms with Crippen LogP contribution in [0.2, 0.25) is 0 Å². The molecular formula is C24H32N2O4. The zero-order valence-corrected chi connectivity index (χ0v) is 17.6. The SMILES string of the molecule is O=C(CCc1ccccc1)NC(CC1CCCCC1)C(=O)N1CC[C@H]2OCC(=O)[C@H]21. The monoisotopic (exact) mass is 412 g/mol. The molecule has 3 atom stereocenters. The Hall–Kier alpha value is -2.21. The van der Waals surface area contributed by atoms with Crippen molar-refractivity contribution in [3.05, 3.63) is 35.9 Å². The molecule has 0 bridgehead atoms. The number of carbonyl (C=O) groups excluding carboxylic acids is 3. The lowest BCUT2D eigenvalue weighted by molar-refractivity contribution is -0.140. The fourth-order valence-corrected chi connectivity index (χ4v) is 5.19. The lowest BCUT2D eigenvalue weighted by atomic mass is 9.84. The number of benzene rings is 1. The van der Waals surface area contributed by atoms with Gasteiger partial charge in [-0.3, -0.25) is 14.4 Å². The molecule has 1 aromatic rings. The Morgan fingerprint density at radius 3 is 2.63 bits per heavy atom. The highest BCUT2D eigenvalue weighted by atomic mass is 16.5. The number of amides is 2. The van der Waals surface area contributed by atoms with Crippen molar-refractivity contribution in [1.82, 2.24) is 10.2 Å². The molecule has 162 valence electrons. The van der Waals surface area contributed by atoms with E-state index in [4.69, 9.17) is 4.74 Å². The van der Waals surface area contributed by atoms with Gasteiger partial charge in [0.25, 0.3) is 0 Å². The second-order valence-electron chi connectivity index (χ2n) is 8.93. The lowest BCUT2D eigenvalue weighted by Gasteiger charge is -2.31. The van der Waals surface area contributed by atoms with E-state index >= 15 is 0 Å². The first-order valence-electron chi connectivity index (χ1n) is 11.4. The van der Waals surface area contributed by atoms with Crippen molar-refractivity contribution < 1.29 is 19.1 Å². The summed E-state index contributed by atoms with van der Waals surface area (Å²) in [6.45, 7) is 0.622. The Morgan fingerprint density at radius 1 is 1.10 bits per heavy atom. The third-order valence-corrected chi connectivity index (χ3v) is 6.81. The standard InChI is InChI=1S/C24H32N2O4/c27-20-16-30-21-13-14-26(23(20)21)24(29)19(15-18-9-5-2-6-10-18)25-22(28)12-11-17-7-3-1-4-8-17/h1,3-4,7-8,18-19,21,23H,2,5-6,9-16H2,(H,25,28)/t19?,21-,23-/m1/s1. The van der Waals surface area contributed by atoms with Gasteiger partial charge in [0, 0.05) is 13.0 Å². The molecule has 4 rings (SSSR count). The maximum absolute atomic E-state index is 13.4. The highest BCUT2D eigenvalue weighted by Crippen LogP contribution is 2.31. The number of likely N-dealkylation sites (tertiary alicyclic amines) is 1. The molecule has 30 heavy (non-hydrogen) atoms. The van der Waals surface area contributed by atoms with Crippen LogP contribution in [0.5, 0.6) is 0 Å². The molecule has 2 amide bonds. The van der Waals surface area contributed by atoms with Gasteiger partial charge in [0.15, 0.2) is 5.78 Å². The highest BCUT2D eigenvalue weighted by molar-refractivity contribution is 5.95. The van der Waals surface area contributed by atoms with E-state index in [1.165, 1.54) is 19.3 Å². The van der Waals surface area contributed by atoms with Crippen LogP contribution in [-0.2, 0) is 25.5 Å². The van der Waals surface area contributed by atoms with Crippen molar-refractivity contribution in [2.45, 2.75) is 76.0 Å². The molecule has 2 saturated heterocycles. The van der Waals surface area contributed by atoms with E-state index in [1.54, 1.807) is 4.90 Å². The number of fused-ring (bicyclic) bond motifs is 1. The van der Waals surface area contributed by atoms with Gasteiger partial charge in [0.05, 0.1) is 6.10 Å². The van der Waals surface area contributed by atoms with Gasteiger partial charge in [-0.2, -0.15) is 0 Å². The van der Waals surface area contributed by atoms with E-state index in [9.17, 15) is 14.4 Å². The quantitative estimate of drug-likeness (QED) is 0.747. The Balaban J connectivity index is 1.41. The van der Waals surface area contributed by atoms with Crippen molar-refractivity contribution >= 4 is 17.6 Å². The largest absolute Gasteiger partial charge is 0.368 e. The number of nitrogens with one attached hydrogen (secondary N) is 1. The van der Waals surface area contributed by atoms with Crippen LogP contribution in [0.15, 0.2) is 30.3 Å². The molecule has 1 aliphatic carbocycles. The van der Waals surface area contributed by atoms with Gasteiger partial charge >= 0.3 is 0 Å². The van der Waals surface area contributed by atoms with Crippen molar-refractivity contribution in [1.29, 1.82) is 0 Å². The van der Waals surface area contributed by atoms with Gasteiger partial charge in [-0.25, -0.2) is 0 Å². The molecule has 3 aliphatic rings. The van der Waals surface area contributed by atoms with Crippen molar-refractivity contribution in [2.75, 3.05) is 13.2 Å². The number of Topliss-reactive ketones (excluding diaryl/α,β-unsaturated/α-hetero) is 1. The number of aryl methyl sites for hydroxylation is 1. The van der Waals surface area contributed by atoms with Crippen LogP contribution in [-0.4, -0.2) is 53.8 Å². The first kappa shape index (κ1) is 21.0. The van der Waals surface area contributed by atoms with E-state index in [0.29, 0.717) is 38.1 Å². The topological polar surface area (TPSA) is 75.7 Å². The molecule has 6 heteroatoms. The second-order valence-corrected chi connectivity index (χ2v) is 8.93. The summed E-state index contributed by atoms with van der Waals surface area (Å²) in [7, 11) is 0. The van der Waals surface area contributed by atoms with E-state index in [-0.39, 0.29) is 30.3 Å². The number of carbonyl (C=O) groups is 3. The number of ether oxygens (including phenoxy) is 1. The molecular weight excluding hydrogens is 380 g/mol. The average molecular weight is 413 g/mol. The van der Waals surface area contributed by atoms with Gasteiger partial charge in [-0.05, 0) is 30.7 Å². The molecule has 1 unspecified atom stereocenters. The summed E-state index contributed by atoms with van der Waals surface area (Å²) in [5.41, 5.74) is 1.11. The van der Waals surface area contributed by atoms with E-state index in [2.05, 4.69) is 5.32 Å². The number of nitrogens with zero attached hydrogens (tertiary/aromatic N) is 1. The minimum absolute atomic E-state index is 0.0160. The van der Waals surface area contributed by atoms with Gasteiger partial charge < -0.3 is 15.0 Å². The van der Waals surface area contributed by atoms with Crippen LogP contribution in [0.4, 0.5) is 0 Å². The minimum atomic E-state index is -0.552. The Labute approximate surface area is 178 Å². The van der Waals surface area contributed by atoms with Crippen molar-refractivity contribution in [2.24, 2.45) is 5.92 Å². The molecule has 2 heterocycles. The molecule has 3 fully saturated rings. The normalized spacial score (nSPS) is 25.2. The van der Waals surface area contributed by atoms with Gasteiger partial charge in [0.1, 0.15) is 18.7 Å². The van der Waals surface area contributed by atoms with Crippen LogP contribution in [0.3, 0.4) is 0 Å². The molecule has 0 spiro atoms. The van der Waals surface area contributed by atoms with Crippen LogP contribution < -0.4 is 5.32 Å². The summed E-state index contributed by atoms with van der Waals surface area (Å²) in [5.74, 6) is 0.228. The maximum Gasteiger partial charge on any atom is 0.245 e. The molecule has 1 aromatic carbocycles. The number of hydrogen-bond donors (Lipinski definition) is 1. The van der Waals surface area contributed by atoms with E-state index in [0.717, 1.165) is 18.4 Å². The fraction of sp³-hybridized carbons (Fsp3) is 0.625. The van der Waals surface area contributed by atoms with Gasteiger partial charge in [-0.1, -0.05) is 62.4 Å². The Kier molecular flexibility index (Phi) is 6.82. The minimum Gasteiger partial charge on any atom is -0.368 e. The first-order valence-corrected chi connectivity index (χ1v) is 11.4. The Bertz CT molecular complexity index is 760. The third-order valence-electron chi connectivity index (χ3n) is 6.81. The summed E-state index contributed by atoms with van der Waals surface area (Å²) in [6, 6.07) is 8.89. The van der Waals surface area contributed by atoms with Crippen LogP contribution in [0.25, 0.3) is 0 Å². The first-order chi connectivity index (χ1) is 14.6. The molecule has 1 saturated carbocycles. The van der Waals surface area contributed by atoms with Crippen molar-refractivity contribution in [3.63, 3.8) is 0 Å². The second kappa shape index (κ2) is 9.73. The van der Waals surface area contributed by atoms with Crippen LogP contribution in [0.1, 0.15) is 56.9 Å². The molecule has 0 aromatic heterocycles. The maximum atomic E-state index is 13.4. The Morgan fingerprint density at radius 2 is 1.87 bits per heavy atom. The third kappa shape index (κ3) is 4.91. The predicted octanol–water partition coefficient (Wildman–Crippen LogP) is 2.64. The number of rotatable bonds is 7. The molecule has 2 aliphatic heterocycles. The summed E-state index contributed by atoms with van der Waals surface area (Å²) >= 11 is 0. The fourth-order valence-electron chi connectivity index (χ4n) is 5.19. The zero-order chi connectivity index (χ0) is 20.9. The molecule has 1 N–H and O–H groups in total. The summed E-state index contributed by atoms with van der Waals surface area (Å²) in [4.78, 5) is 40.1. The average Bonchev–Trinajstić information content (AvgIpc) is 3.36. The van der Waals surface area contributed by atoms with Gasteiger partial charge in [0.2, 0.25) is 11.8 Å².